The summed E-state index contributed by atoms with van der Waals surface area (Å²) in [6.07, 6.45) is 2.60. The van der Waals surface area contributed by atoms with E-state index in [-0.39, 0.29) is 41.4 Å². The summed E-state index contributed by atoms with van der Waals surface area (Å²) in [5.74, 6) is -3.83. The Kier molecular flexibility index (Phi) is 6.45. The summed E-state index contributed by atoms with van der Waals surface area (Å²) in [5.41, 5.74) is 3.60. The van der Waals surface area contributed by atoms with Crippen LogP contribution in [-0.4, -0.2) is 62.0 Å². The minimum Gasteiger partial charge on any atom is -0.489 e. The average Bonchev–Trinajstić information content (AvgIpc) is 2.94. The molecule has 4 aromatic rings. The summed E-state index contributed by atoms with van der Waals surface area (Å²) in [6, 6.07) is 10.0. The second kappa shape index (κ2) is 9.97. The maximum atomic E-state index is 14.8. The molecule has 1 N–H and O–H groups in total. The molecule has 0 radical (unpaired) electrons. The van der Waals surface area contributed by atoms with E-state index in [2.05, 4.69) is 15.4 Å². The normalized spacial score (nSPS) is 16.4. The molecule has 4 heterocycles. The number of benzene rings is 2. The number of aromatic nitrogens is 2. The standard InChI is InChI=1S/C27H22F3N5O4S/c28-16-13-18(23(30)20(29)14-16)25-24-17(5-6-31-25)26(34-8-11-40(37,38)12-9-34)19(15-32-24)27(36)33-35-7-10-39-22-4-2-1-3-21(22)35/h1-6,13-15H,7-12H2,(H,33,36). The molecule has 13 heteroatoms. The molecule has 9 nitrogen and oxygen atoms in total. The first kappa shape index (κ1) is 25.9. The summed E-state index contributed by atoms with van der Waals surface area (Å²) < 4.78 is 72.9. The van der Waals surface area contributed by atoms with E-state index in [9.17, 15) is 26.4 Å². The molecule has 1 amide bonds. The van der Waals surface area contributed by atoms with E-state index in [1.165, 1.54) is 12.4 Å². The number of ether oxygens (including phenoxy) is 1. The number of hydrogen-bond donors (Lipinski definition) is 1. The quantitative estimate of drug-likeness (QED) is 0.373. The zero-order valence-electron chi connectivity index (χ0n) is 20.9. The van der Waals surface area contributed by atoms with E-state index < -0.39 is 38.8 Å². The van der Waals surface area contributed by atoms with Crippen LogP contribution in [0.5, 0.6) is 5.75 Å². The highest BCUT2D eigenvalue weighted by Gasteiger charge is 2.29. The van der Waals surface area contributed by atoms with E-state index in [4.69, 9.17) is 4.74 Å². The van der Waals surface area contributed by atoms with Crippen molar-refractivity contribution in [1.82, 2.24) is 15.4 Å². The van der Waals surface area contributed by atoms with Crippen LogP contribution in [0.2, 0.25) is 0 Å². The lowest BCUT2D eigenvalue weighted by molar-refractivity contribution is 0.0945. The highest BCUT2D eigenvalue weighted by molar-refractivity contribution is 7.91. The van der Waals surface area contributed by atoms with Crippen LogP contribution >= 0.6 is 0 Å². The predicted octanol–water partition coefficient (Wildman–Crippen LogP) is 3.49. The molecule has 2 aliphatic heterocycles. The lowest BCUT2D eigenvalue weighted by Gasteiger charge is -2.33. The molecule has 0 spiro atoms. The van der Waals surface area contributed by atoms with Crippen LogP contribution in [0.3, 0.4) is 0 Å². The maximum Gasteiger partial charge on any atom is 0.273 e. The molecule has 0 atom stereocenters. The highest BCUT2D eigenvalue weighted by atomic mass is 32.2. The molecule has 0 saturated carbocycles. The number of nitrogens with zero attached hydrogens (tertiary/aromatic N) is 4. The molecule has 0 aliphatic carbocycles. The Bertz CT molecular complexity index is 1760. The molecular formula is C27H22F3N5O4S. The molecule has 1 saturated heterocycles. The zero-order valence-corrected chi connectivity index (χ0v) is 21.7. The van der Waals surface area contributed by atoms with Gasteiger partial charge in [-0.2, -0.15) is 0 Å². The third-order valence-corrected chi connectivity index (χ3v) is 8.48. The summed E-state index contributed by atoms with van der Waals surface area (Å²) in [7, 11) is -3.26. The molecule has 2 aromatic heterocycles. The number of carbonyl (C=O) groups is 1. The molecular weight excluding hydrogens is 547 g/mol. The molecule has 0 unspecified atom stereocenters. The number of amides is 1. The number of para-hydroxylation sites is 2. The lowest BCUT2D eigenvalue weighted by Crippen LogP contribution is -2.47. The van der Waals surface area contributed by atoms with Gasteiger partial charge >= 0.3 is 0 Å². The number of halogens is 3. The van der Waals surface area contributed by atoms with E-state index in [0.717, 1.165) is 6.07 Å². The number of pyridine rings is 2. The molecule has 2 aromatic carbocycles. The third kappa shape index (κ3) is 4.66. The third-order valence-electron chi connectivity index (χ3n) is 6.88. The van der Waals surface area contributed by atoms with Crippen LogP contribution in [0.15, 0.2) is 54.9 Å². The smallest absolute Gasteiger partial charge is 0.273 e. The summed E-state index contributed by atoms with van der Waals surface area (Å²) in [6.45, 7) is 0.917. The van der Waals surface area contributed by atoms with Gasteiger partial charge in [0.2, 0.25) is 0 Å². The number of fused-ring (bicyclic) bond motifs is 2. The van der Waals surface area contributed by atoms with Gasteiger partial charge in [-0.05, 0) is 24.3 Å². The Morgan fingerprint density at radius 2 is 1.77 bits per heavy atom. The number of hydrogen-bond acceptors (Lipinski definition) is 8. The second-order valence-electron chi connectivity index (χ2n) is 9.37. The van der Waals surface area contributed by atoms with E-state index >= 15 is 0 Å². The first-order valence-electron chi connectivity index (χ1n) is 12.4. The van der Waals surface area contributed by atoms with Crippen LogP contribution in [0, 0.1) is 17.5 Å². The van der Waals surface area contributed by atoms with Crippen molar-refractivity contribution in [3.05, 3.63) is 77.9 Å². The summed E-state index contributed by atoms with van der Waals surface area (Å²) >= 11 is 0. The fraction of sp³-hybridized carbons (Fsp3) is 0.222. The number of hydrazine groups is 1. The molecule has 2 aliphatic rings. The number of carbonyl (C=O) groups excluding carboxylic acids is 1. The number of sulfone groups is 1. The van der Waals surface area contributed by atoms with Gasteiger partial charge in [-0.1, -0.05) is 12.1 Å². The summed E-state index contributed by atoms with van der Waals surface area (Å²) in [5, 5.41) is 2.00. The first-order chi connectivity index (χ1) is 19.2. The summed E-state index contributed by atoms with van der Waals surface area (Å²) in [4.78, 5) is 24.0. The van der Waals surface area contributed by atoms with Gasteiger partial charge in [0.05, 0.1) is 46.2 Å². The highest BCUT2D eigenvalue weighted by Crippen LogP contribution is 2.37. The number of anilines is 2. The SMILES string of the molecule is O=C(NN1CCOc2ccccc21)c1cnc2c(-c3cc(F)cc(F)c3F)nccc2c1N1CCS(=O)(=O)CC1. The van der Waals surface area contributed by atoms with E-state index in [0.29, 0.717) is 41.7 Å². The molecule has 0 bridgehead atoms. The van der Waals surface area contributed by atoms with Gasteiger partial charge in [-0.3, -0.25) is 25.2 Å². The monoisotopic (exact) mass is 569 g/mol. The van der Waals surface area contributed by atoms with Crippen molar-refractivity contribution >= 4 is 38.0 Å². The minimum absolute atomic E-state index is 0.0999. The van der Waals surface area contributed by atoms with Gasteiger partial charge in [-0.25, -0.2) is 21.6 Å². The second-order valence-corrected chi connectivity index (χ2v) is 11.7. The van der Waals surface area contributed by atoms with Gasteiger partial charge in [0, 0.05) is 42.5 Å². The van der Waals surface area contributed by atoms with Gasteiger partial charge in [0.15, 0.2) is 21.5 Å². The molecule has 40 heavy (non-hydrogen) atoms. The van der Waals surface area contributed by atoms with Crippen LogP contribution < -0.4 is 20.1 Å². The zero-order chi connectivity index (χ0) is 28.0. The van der Waals surface area contributed by atoms with Gasteiger partial charge < -0.3 is 9.64 Å². The minimum atomic E-state index is -3.26. The van der Waals surface area contributed by atoms with Crippen molar-refractivity contribution in [1.29, 1.82) is 0 Å². The van der Waals surface area contributed by atoms with Gasteiger partial charge in [0.1, 0.15) is 18.2 Å². The Morgan fingerprint density at radius 3 is 2.58 bits per heavy atom. The number of nitrogens with one attached hydrogen (secondary N) is 1. The Hall–Kier alpha value is -4.39. The Balaban J connectivity index is 1.48. The van der Waals surface area contributed by atoms with Crippen molar-refractivity contribution in [2.75, 3.05) is 47.7 Å². The van der Waals surface area contributed by atoms with Gasteiger partial charge in [0.25, 0.3) is 5.91 Å². The van der Waals surface area contributed by atoms with Crippen molar-refractivity contribution in [2.24, 2.45) is 0 Å². The predicted molar refractivity (Wildman–Crippen MR) is 142 cm³/mol. The van der Waals surface area contributed by atoms with Crippen LogP contribution in [-0.2, 0) is 9.84 Å². The molecule has 6 rings (SSSR count). The Labute approximate surface area is 227 Å². The fourth-order valence-corrected chi connectivity index (χ4v) is 6.15. The molecule has 1 fully saturated rings. The van der Waals surface area contributed by atoms with Crippen molar-refractivity contribution in [2.45, 2.75) is 0 Å². The maximum absolute atomic E-state index is 14.8. The first-order valence-corrected chi connectivity index (χ1v) is 14.2. The molecule has 206 valence electrons. The van der Waals surface area contributed by atoms with Crippen LogP contribution in [0.1, 0.15) is 10.4 Å². The number of rotatable bonds is 4. The fourth-order valence-electron chi connectivity index (χ4n) is 4.95. The lowest BCUT2D eigenvalue weighted by atomic mass is 10.0. The van der Waals surface area contributed by atoms with Gasteiger partial charge in [-0.15, -0.1) is 0 Å². The largest absolute Gasteiger partial charge is 0.489 e. The topological polar surface area (TPSA) is 105 Å². The van der Waals surface area contributed by atoms with E-state index in [1.807, 2.05) is 12.1 Å². The average molecular weight is 570 g/mol. The van der Waals surface area contributed by atoms with Crippen molar-refractivity contribution < 1.29 is 31.1 Å². The Morgan fingerprint density at radius 1 is 1.00 bits per heavy atom. The van der Waals surface area contributed by atoms with Crippen LogP contribution in [0.4, 0.5) is 24.5 Å². The van der Waals surface area contributed by atoms with Crippen molar-refractivity contribution in [3.63, 3.8) is 0 Å². The van der Waals surface area contributed by atoms with Crippen molar-refractivity contribution in [3.8, 4) is 17.0 Å². The van der Waals surface area contributed by atoms with E-state index in [1.54, 1.807) is 28.1 Å². The van der Waals surface area contributed by atoms with Crippen LogP contribution in [0.25, 0.3) is 22.2 Å².